The Morgan fingerprint density at radius 2 is 2.17 bits per heavy atom. The third-order valence-electron chi connectivity index (χ3n) is 1.53. The van der Waals surface area contributed by atoms with Crippen molar-refractivity contribution in [2.45, 2.75) is 0 Å². The summed E-state index contributed by atoms with van der Waals surface area (Å²) < 4.78 is 1.10. The van der Waals surface area contributed by atoms with Crippen LogP contribution in [0.3, 0.4) is 0 Å². The number of allylic oxidation sites excluding steroid dienone is 1. The fourth-order valence-corrected chi connectivity index (χ4v) is 1.98. The molecule has 0 spiro atoms. The first-order valence-electron chi connectivity index (χ1n) is 3.44. The third-order valence-corrected chi connectivity index (χ3v) is 3.26. The van der Waals surface area contributed by atoms with Crippen LogP contribution in [0.2, 0.25) is 0 Å². The van der Waals surface area contributed by atoms with Crippen LogP contribution >= 0.6 is 41.1 Å². The van der Waals surface area contributed by atoms with Crippen LogP contribution < -0.4 is 5.30 Å². The summed E-state index contributed by atoms with van der Waals surface area (Å²) in [6.45, 7) is 3.96. The molecule has 64 valence electrons. The summed E-state index contributed by atoms with van der Waals surface area (Å²) in [5, 5.41) is 1.98. The molecule has 0 aromatic heterocycles. The van der Waals surface area contributed by atoms with Gasteiger partial charge in [-0.2, -0.15) is 0 Å². The normalized spacial score (nSPS) is 9.92. The van der Waals surface area contributed by atoms with E-state index in [9.17, 15) is 0 Å². The van der Waals surface area contributed by atoms with Gasteiger partial charge < -0.3 is 0 Å². The topological polar surface area (TPSA) is 0 Å². The second-order valence-electron chi connectivity index (χ2n) is 2.48. The third kappa shape index (κ3) is 2.42. The van der Waals surface area contributed by atoms with Crippen LogP contribution in [0.25, 0.3) is 5.57 Å². The van der Waals surface area contributed by atoms with Crippen molar-refractivity contribution in [1.29, 1.82) is 0 Å². The van der Waals surface area contributed by atoms with E-state index in [2.05, 4.69) is 53.7 Å². The number of halogens is 2. The van der Waals surface area contributed by atoms with Crippen LogP contribution in [0.5, 0.6) is 0 Å². The number of hydrogen-bond acceptors (Lipinski definition) is 0. The SMILES string of the molecule is C=C(CBr)c1cc(P)ccc1Br. The standard InChI is InChI=1S/C9H9Br2P/c1-6(5-10)8-4-7(12)2-3-9(8)11/h2-4H,1,5,12H2. The van der Waals surface area contributed by atoms with Crippen molar-refractivity contribution in [3.8, 4) is 0 Å². The highest BCUT2D eigenvalue weighted by Gasteiger charge is 2.02. The molecule has 1 rings (SSSR count). The van der Waals surface area contributed by atoms with Crippen molar-refractivity contribution in [3.63, 3.8) is 0 Å². The van der Waals surface area contributed by atoms with Crippen molar-refractivity contribution < 1.29 is 0 Å². The molecule has 1 unspecified atom stereocenters. The zero-order chi connectivity index (χ0) is 9.14. The highest BCUT2D eigenvalue weighted by atomic mass is 79.9. The lowest BCUT2D eigenvalue weighted by atomic mass is 10.1. The van der Waals surface area contributed by atoms with Crippen LogP contribution in [0.1, 0.15) is 5.56 Å². The van der Waals surface area contributed by atoms with E-state index < -0.39 is 0 Å². The van der Waals surface area contributed by atoms with Crippen molar-refractivity contribution in [2.75, 3.05) is 5.33 Å². The molecule has 0 saturated carbocycles. The van der Waals surface area contributed by atoms with E-state index in [4.69, 9.17) is 0 Å². The van der Waals surface area contributed by atoms with E-state index in [1.807, 2.05) is 12.1 Å². The molecule has 0 radical (unpaired) electrons. The minimum atomic E-state index is 0.805. The summed E-state index contributed by atoms with van der Waals surface area (Å²) in [6.07, 6.45) is 0. The summed E-state index contributed by atoms with van der Waals surface area (Å²) in [7, 11) is 2.67. The van der Waals surface area contributed by atoms with Crippen LogP contribution in [-0.2, 0) is 0 Å². The van der Waals surface area contributed by atoms with E-state index in [-0.39, 0.29) is 0 Å². The lowest BCUT2D eigenvalue weighted by molar-refractivity contribution is 1.58. The zero-order valence-corrected chi connectivity index (χ0v) is 10.8. The molecule has 0 N–H and O–H groups in total. The van der Waals surface area contributed by atoms with Gasteiger partial charge in [0, 0.05) is 9.80 Å². The minimum absolute atomic E-state index is 0.805. The first-order chi connectivity index (χ1) is 5.65. The number of hydrogen-bond donors (Lipinski definition) is 0. The molecule has 1 aromatic rings. The molecule has 0 aliphatic carbocycles. The Balaban J connectivity index is 3.13. The predicted octanol–water partition coefficient (Wildman–Crippen LogP) is 3.36. The van der Waals surface area contributed by atoms with Crippen LogP contribution in [0.15, 0.2) is 29.3 Å². The average molecular weight is 308 g/mol. The maximum Gasteiger partial charge on any atom is 0.0283 e. The fraction of sp³-hybridized carbons (Fsp3) is 0.111. The molecule has 0 nitrogen and oxygen atoms in total. The second-order valence-corrected chi connectivity index (χ2v) is 4.56. The van der Waals surface area contributed by atoms with E-state index >= 15 is 0 Å². The maximum atomic E-state index is 3.96. The van der Waals surface area contributed by atoms with Gasteiger partial charge in [-0.05, 0) is 28.6 Å². The Kier molecular flexibility index (Phi) is 3.95. The lowest BCUT2D eigenvalue weighted by Gasteiger charge is -2.05. The van der Waals surface area contributed by atoms with Crippen molar-refractivity contribution >= 4 is 52.0 Å². The first-order valence-corrected chi connectivity index (χ1v) is 5.93. The van der Waals surface area contributed by atoms with Gasteiger partial charge in [-0.1, -0.05) is 44.5 Å². The maximum absolute atomic E-state index is 3.96. The van der Waals surface area contributed by atoms with Gasteiger partial charge in [-0.25, -0.2) is 0 Å². The van der Waals surface area contributed by atoms with Crippen molar-refractivity contribution in [2.24, 2.45) is 0 Å². The highest BCUT2D eigenvalue weighted by molar-refractivity contribution is 9.10. The molecule has 0 aliphatic heterocycles. The minimum Gasteiger partial charge on any atom is -0.106 e. The molecule has 0 fully saturated rings. The van der Waals surface area contributed by atoms with Crippen LogP contribution in [-0.4, -0.2) is 5.33 Å². The molecule has 3 heteroatoms. The van der Waals surface area contributed by atoms with Crippen molar-refractivity contribution in [1.82, 2.24) is 0 Å². The number of benzene rings is 1. The Labute approximate surface area is 91.9 Å². The number of alkyl halides is 1. The van der Waals surface area contributed by atoms with Crippen LogP contribution in [0.4, 0.5) is 0 Å². The first kappa shape index (κ1) is 10.4. The molecule has 0 heterocycles. The molecule has 12 heavy (non-hydrogen) atoms. The van der Waals surface area contributed by atoms with E-state index in [1.165, 1.54) is 10.9 Å². The molecule has 0 amide bonds. The second kappa shape index (κ2) is 4.55. The molecule has 1 aromatic carbocycles. The zero-order valence-electron chi connectivity index (χ0n) is 6.48. The quantitative estimate of drug-likeness (QED) is 0.580. The Morgan fingerprint density at radius 3 is 2.75 bits per heavy atom. The lowest BCUT2D eigenvalue weighted by Crippen LogP contribution is -1.94. The van der Waals surface area contributed by atoms with Gasteiger partial charge in [0.15, 0.2) is 0 Å². The van der Waals surface area contributed by atoms with Gasteiger partial charge in [-0.15, -0.1) is 9.24 Å². The molecule has 0 saturated heterocycles. The van der Waals surface area contributed by atoms with Gasteiger partial charge in [0.25, 0.3) is 0 Å². The van der Waals surface area contributed by atoms with Gasteiger partial charge in [-0.3, -0.25) is 0 Å². The molecule has 0 aliphatic rings. The summed E-state index contributed by atoms with van der Waals surface area (Å²) in [5.41, 5.74) is 2.26. The van der Waals surface area contributed by atoms with E-state index in [0.717, 1.165) is 15.4 Å². The van der Waals surface area contributed by atoms with Gasteiger partial charge in [0.05, 0.1) is 0 Å². The van der Waals surface area contributed by atoms with Gasteiger partial charge in [0.2, 0.25) is 0 Å². The van der Waals surface area contributed by atoms with Crippen LogP contribution in [0, 0.1) is 0 Å². The Bertz CT molecular complexity index is 307. The van der Waals surface area contributed by atoms with E-state index in [1.54, 1.807) is 0 Å². The molecular formula is C9H9Br2P. The largest absolute Gasteiger partial charge is 0.106 e. The van der Waals surface area contributed by atoms with Gasteiger partial charge in [0.1, 0.15) is 0 Å². The summed E-state index contributed by atoms with van der Waals surface area (Å²) >= 11 is 6.86. The predicted molar refractivity (Wildman–Crippen MR) is 66.3 cm³/mol. The Morgan fingerprint density at radius 1 is 1.50 bits per heavy atom. The average Bonchev–Trinajstić information content (AvgIpc) is 2.08. The van der Waals surface area contributed by atoms with Gasteiger partial charge >= 0.3 is 0 Å². The summed E-state index contributed by atoms with van der Waals surface area (Å²) in [6, 6.07) is 6.17. The Hall–Kier alpha value is 0.350. The summed E-state index contributed by atoms with van der Waals surface area (Å²) in [5.74, 6) is 0. The highest BCUT2D eigenvalue weighted by Crippen LogP contribution is 2.23. The molecule has 1 atom stereocenters. The number of rotatable bonds is 2. The monoisotopic (exact) mass is 306 g/mol. The van der Waals surface area contributed by atoms with E-state index in [0.29, 0.717) is 0 Å². The molecular weight excluding hydrogens is 299 g/mol. The molecule has 0 bridgehead atoms. The summed E-state index contributed by atoms with van der Waals surface area (Å²) in [4.78, 5) is 0. The smallest absolute Gasteiger partial charge is 0.0283 e. The van der Waals surface area contributed by atoms with Crippen molar-refractivity contribution in [3.05, 3.63) is 34.8 Å². The fourth-order valence-electron chi connectivity index (χ4n) is 0.886.